The van der Waals surface area contributed by atoms with Crippen LogP contribution in [0.4, 0.5) is 0 Å². The van der Waals surface area contributed by atoms with Crippen molar-refractivity contribution in [1.29, 1.82) is 0 Å². The number of benzene rings is 1. The van der Waals surface area contributed by atoms with Crippen molar-refractivity contribution in [2.45, 2.75) is 20.3 Å². The van der Waals surface area contributed by atoms with Crippen molar-refractivity contribution < 1.29 is 4.42 Å². The highest BCUT2D eigenvalue weighted by molar-refractivity contribution is 6.39. The largest absolute Gasteiger partial charge is 0.445 e. The van der Waals surface area contributed by atoms with Gasteiger partial charge in [0.1, 0.15) is 11.5 Å². The predicted octanol–water partition coefficient (Wildman–Crippen LogP) is 4.51. The standard InChI is InChI=1S/C16H14ClNO/c1-10-3-5-12(6-4-10)13-7-8-16-15(9-14(13)17)18-11(2)19-16/h3-7,9H,8H2,1-2H3. The maximum Gasteiger partial charge on any atom is 0.191 e. The molecule has 2 nitrogen and oxygen atoms in total. The molecule has 1 aliphatic carbocycles. The molecule has 0 amide bonds. The molecule has 1 aromatic heterocycles. The van der Waals surface area contributed by atoms with Gasteiger partial charge in [0.25, 0.3) is 0 Å². The molecule has 0 bridgehead atoms. The van der Waals surface area contributed by atoms with Crippen LogP contribution in [0.25, 0.3) is 11.6 Å². The minimum Gasteiger partial charge on any atom is -0.445 e. The van der Waals surface area contributed by atoms with Gasteiger partial charge in [-0.1, -0.05) is 47.5 Å². The van der Waals surface area contributed by atoms with Crippen LogP contribution in [0.5, 0.6) is 0 Å². The third kappa shape index (κ3) is 2.36. The second-order valence-electron chi connectivity index (χ2n) is 4.72. The van der Waals surface area contributed by atoms with Crippen LogP contribution in [0.1, 0.15) is 28.5 Å². The lowest BCUT2D eigenvalue weighted by Crippen LogP contribution is -1.85. The van der Waals surface area contributed by atoms with Gasteiger partial charge in [-0.2, -0.15) is 0 Å². The molecule has 0 spiro atoms. The molecular weight excluding hydrogens is 258 g/mol. The first kappa shape index (κ1) is 12.2. The van der Waals surface area contributed by atoms with E-state index >= 15 is 0 Å². The lowest BCUT2D eigenvalue weighted by molar-refractivity contribution is 0.485. The molecule has 96 valence electrons. The van der Waals surface area contributed by atoms with E-state index in [0.717, 1.165) is 22.6 Å². The molecule has 1 heterocycles. The van der Waals surface area contributed by atoms with Crippen LogP contribution >= 0.6 is 11.6 Å². The summed E-state index contributed by atoms with van der Waals surface area (Å²) >= 11 is 6.41. The Morgan fingerprint density at radius 2 is 1.89 bits per heavy atom. The second-order valence-corrected chi connectivity index (χ2v) is 5.13. The molecule has 3 rings (SSSR count). The molecular formula is C16H14ClNO. The number of hydrogen-bond acceptors (Lipinski definition) is 2. The fourth-order valence-corrected chi connectivity index (χ4v) is 2.51. The third-order valence-electron chi connectivity index (χ3n) is 3.21. The third-order valence-corrected chi connectivity index (χ3v) is 3.52. The van der Waals surface area contributed by atoms with Gasteiger partial charge >= 0.3 is 0 Å². The Bertz CT molecular complexity index is 677. The first-order valence-electron chi connectivity index (χ1n) is 6.24. The number of oxazole rings is 1. The highest BCUT2D eigenvalue weighted by atomic mass is 35.5. The molecule has 0 aliphatic heterocycles. The SMILES string of the molecule is Cc1ccc(C2=CCc3oc(C)nc3C=C2Cl)cc1. The summed E-state index contributed by atoms with van der Waals surface area (Å²) in [5, 5.41) is 0.705. The van der Waals surface area contributed by atoms with Gasteiger partial charge in [-0.05, 0) is 24.1 Å². The van der Waals surface area contributed by atoms with E-state index in [9.17, 15) is 0 Å². The Balaban J connectivity index is 2.03. The Morgan fingerprint density at radius 3 is 2.63 bits per heavy atom. The molecule has 1 aromatic carbocycles. The Kier molecular flexibility index (Phi) is 3.03. The number of rotatable bonds is 1. The summed E-state index contributed by atoms with van der Waals surface area (Å²) in [5.74, 6) is 1.55. The van der Waals surface area contributed by atoms with E-state index in [1.54, 1.807) is 0 Å². The van der Waals surface area contributed by atoms with Crippen LogP contribution < -0.4 is 0 Å². The summed E-state index contributed by atoms with van der Waals surface area (Å²) in [6.45, 7) is 3.92. The number of fused-ring (bicyclic) bond motifs is 1. The van der Waals surface area contributed by atoms with Gasteiger partial charge < -0.3 is 4.42 Å². The van der Waals surface area contributed by atoms with Gasteiger partial charge in [-0.15, -0.1) is 0 Å². The Hall–Kier alpha value is -1.80. The van der Waals surface area contributed by atoms with Crippen LogP contribution in [-0.4, -0.2) is 4.98 Å². The van der Waals surface area contributed by atoms with Gasteiger partial charge in [-0.3, -0.25) is 0 Å². The van der Waals surface area contributed by atoms with E-state index in [-0.39, 0.29) is 0 Å². The van der Waals surface area contributed by atoms with Crippen molar-refractivity contribution >= 4 is 23.3 Å². The smallest absolute Gasteiger partial charge is 0.191 e. The van der Waals surface area contributed by atoms with E-state index in [4.69, 9.17) is 16.0 Å². The van der Waals surface area contributed by atoms with Crippen molar-refractivity contribution in [2.24, 2.45) is 0 Å². The van der Waals surface area contributed by atoms with Crippen LogP contribution in [0.15, 0.2) is 39.8 Å². The number of hydrogen-bond donors (Lipinski definition) is 0. The minimum atomic E-state index is 0.679. The average Bonchev–Trinajstić information content (AvgIpc) is 2.64. The van der Waals surface area contributed by atoms with E-state index < -0.39 is 0 Å². The minimum absolute atomic E-state index is 0.679. The van der Waals surface area contributed by atoms with Gasteiger partial charge in [0, 0.05) is 13.3 Å². The molecule has 0 saturated heterocycles. The molecule has 2 aromatic rings. The van der Waals surface area contributed by atoms with Gasteiger partial charge in [0.15, 0.2) is 5.89 Å². The van der Waals surface area contributed by atoms with Gasteiger partial charge in [0.05, 0.1) is 5.03 Å². The first-order chi connectivity index (χ1) is 9.13. The van der Waals surface area contributed by atoms with Crippen molar-refractivity contribution in [3.63, 3.8) is 0 Å². The van der Waals surface area contributed by atoms with Crippen molar-refractivity contribution in [1.82, 2.24) is 4.98 Å². The summed E-state index contributed by atoms with van der Waals surface area (Å²) in [4.78, 5) is 4.34. The van der Waals surface area contributed by atoms with Crippen LogP contribution in [0.2, 0.25) is 0 Å². The second kappa shape index (κ2) is 4.71. The fraction of sp³-hybridized carbons (Fsp3) is 0.188. The number of nitrogens with zero attached hydrogens (tertiary/aromatic N) is 1. The highest BCUT2D eigenvalue weighted by Gasteiger charge is 2.15. The van der Waals surface area contributed by atoms with Crippen LogP contribution in [-0.2, 0) is 6.42 Å². The summed E-state index contributed by atoms with van der Waals surface area (Å²) in [5.41, 5.74) is 4.23. The lowest BCUT2D eigenvalue weighted by atomic mass is 10.0. The summed E-state index contributed by atoms with van der Waals surface area (Å²) in [6.07, 6.45) is 4.69. The van der Waals surface area contributed by atoms with E-state index in [0.29, 0.717) is 17.3 Å². The summed E-state index contributed by atoms with van der Waals surface area (Å²) in [7, 11) is 0. The topological polar surface area (TPSA) is 26.0 Å². The Labute approximate surface area is 117 Å². The number of aromatic nitrogens is 1. The van der Waals surface area contributed by atoms with Gasteiger partial charge in [0.2, 0.25) is 0 Å². The van der Waals surface area contributed by atoms with Crippen molar-refractivity contribution in [2.75, 3.05) is 0 Å². The van der Waals surface area contributed by atoms with Crippen molar-refractivity contribution in [3.05, 3.63) is 63.8 Å². The number of allylic oxidation sites excluding steroid dienone is 3. The zero-order valence-electron chi connectivity index (χ0n) is 10.9. The maximum absolute atomic E-state index is 6.41. The normalized spacial score (nSPS) is 14.5. The number of halogens is 1. The van der Waals surface area contributed by atoms with E-state index in [1.165, 1.54) is 5.56 Å². The molecule has 0 N–H and O–H groups in total. The summed E-state index contributed by atoms with van der Waals surface area (Å²) in [6, 6.07) is 8.35. The molecule has 0 saturated carbocycles. The average molecular weight is 272 g/mol. The quantitative estimate of drug-likeness (QED) is 0.763. The Morgan fingerprint density at radius 1 is 1.16 bits per heavy atom. The van der Waals surface area contributed by atoms with Gasteiger partial charge in [-0.25, -0.2) is 4.98 Å². The van der Waals surface area contributed by atoms with Crippen LogP contribution in [0.3, 0.4) is 0 Å². The van der Waals surface area contributed by atoms with Crippen molar-refractivity contribution in [3.8, 4) is 0 Å². The summed E-state index contributed by atoms with van der Waals surface area (Å²) < 4.78 is 5.58. The zero-order chi connectivity index (χ0) is 13.4. The molecule has 1 aliphatic rings. The van der Waals surface area contributed by atoms with E-state index in [2.05, 4.69) is 42.2 Å². The molecule has 0 unspecified atom stereocenters. The highest BCUT2D eigenvalue weighted by Crippen LogP contribution is 2.32. The van der Waals surface area contributed by atoms with E-state index in [1.807, 2.05) is 13.0 Å². The van der Waals surface area contributed by atoms with Crippen LogP contribution in [0, 0.1) is 13.8 Å². The molecule has 0 radical (unpaired) electrons. The maximum atomic E-state index is 6.41. The predicted molar refractivity (Wildman–Crippen MR) is 77.9 cm³/mol. The first-order valence-corrected chi connectivity index (χ1v) is 6.62. The monoisotopic (exact) mass is 271 g/mol. The molecule has 0 fully saturated rings. The molecule has 0 atom stereocenters. The molecule has 19 heavy (non-hydrogen) atoms. The number of aryl methyl sites for hydroxylation is 2. The fourth-order valence-electron chi connectivity index (χ4n) is 2.22. The zero-order valence-corrected chi connectivity index (χ0v) is 11.7. The lowest BCUT2D eigenvalue weighted by Gasteiger charge is -2.06. The molecule has 3 heteroatoms.